The average Bonchev–Trinajstić information content (AvgIpc) is 2.63. The summed E-state index contributed by atoms with van der Waals surface area (Å²) in [6.07, 6.45) is 1.60. The summed E-state index contributed by atoms with van der Waals surface area (Å²) in [5.41, 5.74) is 0. The van der Waals surface area contributed by atoms with Crippen molar-refractivity contribution in [3.05, 3.63) is 0 Å². The van der Waals surface area contributed by atoms with Crippen molar-refractivity contribution >= 4 is 15.9 Å². The molecule has 0 spiro atoms. The van der Waals surface area contributed by atoms with Crippen LogP contribution in [0.25, 0.3) is 0 Å². The lowest BCUT2D eigenvalue weighted by atomic mass is 10.2. The van der Waals surface area contributed by atoms with Crippen LogP contribution < -0.4 is 10.5 Å². The Morgan fingerprint density at radius 1 is 1.53 bits per heavy atom. The van der Waals surface area contributed by atoms with E-state index in [0.29, 0.717) is 19.6 Å². The lowest BCUT2D eigenvalue weighted by Crippen LogP contribution is -2.35. The molecule has 3 N–H and O–H groups in total. The van der Waals surface area contributed by atoms with Crippen molar-refractivity contribution in [2.24, 2.45) is 5.14 Å². The maximum Gasteiger partial charge on any atom is 0.249 e. The van der Waals surface area contributed by atoms with Gasteiger partial charge in [0.1, 0.15) is 6.10 Å². The summed E-state index contributed by atoms with van der Waals surface area (Å²) in [7, 11) is -3.42. The van der Waals surface area contributed by atoms with Crippen molar-refractivity contribution in [1.82, 2.24) is 5.32 Å². The Hall–Kier alpha value is -0.660. The normalized spacial score (nSPS) is 21.5. The Bertz CT molecular complexity index is 309. The van der Waals surface area contributed by atoms with E-state index in [1.54, 1.807) is 0 Å². The Kier molecular flexibility index (Phi) is 4.49. The fourth-order valence-corrected chi connectivity index (χ4v) is 1.93. The third-order valence-corrected chi connectivity index (χ3v) is 2.98. The first kappa shape index (κ1) is 12.4. The Morgan fingerprint density at radius 2 is 2.27 bits per heavy atom. The van der Waals surface area contributed by atoms with Crippen molar-refractivity contribution in [3.8, 4) is 0 Å². The van der Waals surface area contributed by atoms with Gasteiger partial charge in [-0.2, -0.15) is 0 Å². The minimum Gasteiger partial charge on any atom is -0.368 e. The molecule has 1 saturated heterocycles. The van der Waals surface area contributed by atoms with Crippen LogP contribution in [0.4, 0.5) is 0 Å². The molecule has 7 heteroatoms. The van der Waals surface area contributed by atoms with Gasteiger partial charge in [-0.25, -0.2) is 13.6 Å². The summed E-state index contributed by atoms with van der Waals surface area (Å²) < 4.78 is 26.3. The molecule has 1 heterocycles. The van der Waals surface area contributed by atoms with Gasteiger partial charge in [-0.1, -0.05) is 0 Å². The monoisotopic (exact) mass is 236 g/mol. The number of nitrogens with two attached hydrogens (primary N) is 1. The second-order valence-electron chi connectivity index (χ2n) is 3.51. The van der Waals surface area contributed by atoms with Crippen LogP contribution in [0.5, 0.6) is 0 Å². The molecule has 1 fully saturated rings. The van der Waals surface area contributed by atoms with E-state index in [4.69, 9.17) is 9.88 Å². The zero-order valence-corrected chi connectivity index (χ0v) is 9.26. The van der Waals surface area contributed by atoms with Gasteiger partial charge in [-0.05, 0) is 19.3 Å². The quantitative estimate of drug-likeness (QED) is 0.596. The summed E-state index contributed by atoms with van der Waals surface area (Å²) in [4.78, 5) is 11.4. The van der Waals surface area contributed by atoms with Crippen molar-refractivity contribution in [1.29, 1.82) is 0 Å². The van der Waals surface area contributed by atoms with Crippen LogP contribution in [-0.2, 0) is 19.6 Å². The third-order valence-electron chi connectivity index (χ3n) is 2.13. The van der Waals surface area contributed by atoms with E-state index < -0.39 is 10.0 Å². The zero-order valence-electron chi connectivity index (χ0n) is 8.44. The molecule has 1 aliphatic heterocycles. The highest BCUT2D eigenvalue weighted by Crippen LogP contribution is 2.11. The average molecular weight is 236 g/mol. The molecular weight excluding hydrogens is 220 g/mol. The number of carbonyl (C=O) groups excluding carboxylic acids is 1. The van der Waals surface area contributed by atoms with Gasteiger partial charge >= 0.3 is 0 Å². The Balaban J connectivity index is 2.12. The second kappa shape index (κ2) is 5.43. The lowest BCUT2D eigenvalue weighted by molar-refractivity contribution is -0.130. The number of hydrogen-bond acceptors (Lipinski definition) is 4. The van der Waals surface area contributed by atoms with Gasteiger partial charge in [0.2, 0.25) is 15.9 Å². The topological polar surface area (TPSA) is 98.5 Å². The summed E-state index contributed by atoms with van der Waals surface area (Å²) in [5.74, 6) is -0.277. The largest absolute Gasteiger partial charge is 0.368 e. The molecule has 1 aliphatic rings. The number of amides is 1. The molecule has 0 radical (unpaired) electrons. The van der Waals surface area contributed by atoms with Crippen molar-refractivity contribution in [2.45, 2.75) is 25.4 Å². The van der Waals surface area contributed by atoms with Crippen LogP contribution in [0.15, 0.2) is 0 Å². The van der Waals surface area contributed by atoms with Crippen LogP contribution in [0.1, 0.15) is 19.3 Å². The molecule has 0 aromatic heterocycles. The molecule has 1 amide bonds. The van der Waals surface area contributed by atoms with E-state index in [1.165, 1.54) is 0 Å². The third kappa shape index (κ3) is 5.10. The maximum absolute atomic E-state index is 11.4. The molecule has 0 saturated carbocycles. The second-order valence-corrected chi connectivity index (χ2v) is 5.25. The van der Waals surface area contributed by atoms with Crippen LogP contribution in [0.3, 0.4) is 0 Å². The number of primary sulfonamides is 1. The number of rotatable bonds is 5. The molecule has 15 heavy (non-hydrogen) atoms. The van der Waals surface area contributed by atoms with Gasteiger partial charge in [0.05, 0.1) is 5.75 Å². The first-order valence-corrected chi connectivity index (χ1v) is 6.60. The number of hydrogen-bond donors (Lipinski definition) is 2. The Morgan fingerprint density at radius 3 is 2.80 bits per heavy atom. The minimum absolute atomic E-state index is 0.112. The van der Waals surface area contributed by atoms with E-state index >= 15 is 0 Å². The zero-order chi connectivity index (χ0) is 11.3. The summed E-state index contributed by atoms with van der Waals surface area (Å²) in [6.45, 7) is 0.935. The van der Waals surface area contributed by atoms with Crippen molar-refractivity contribution in [2.75, 3.05) is 18.9 Å². The standard InChI is InChI=1S/C8H16N2O4S/c9-15(12,13)6-2-4-10-8(11)7-3-1-5-14-7/h7H,1-6H2,(H,10,11)(H2,9,12,13). The smallest absolute Gasteiger partial charge is 0.249 e. The van der Waals surface area contributed by atoms with Crippen LogP contribution >= 0.6 is 0 Å². The number of ether oxygens (including phenoxy) is 1. The highest BCUT2D eigenvalue weighted by atomic mass is 32.2. The fraction of sp³-hybridized carbons (Fsp3) is 0.875. The van der Waals surface area contributed by atoms with E-state index in [0.717, 1.165) is 12.8 Å². The summed E-state index contributed by atoms with van der Waals surface area (Å²) in [6, 6.07) is 0. The van der Waals surface area contributed by atoms with E-state index in [2.05, 4.69) is 5.32 Å². The van der Waals surface area contributed by atoms with Gasteiger partial charge in [0.25, 0.3) is 0 Å². The number of nitrogens with one attached hydrogen (secondary N) is 1. The fourth-order valence-electron chi connectivity index (χ4n) is 1.38. The highest BCUT2D eigenvalue weighted by molar-refractivity contribution is 7.89. The van der Waals surface area contributed by atoms with Crippen molar-refractivity contribution in [3.63, 3.8) is 0 Å². The van der Waals surface area contributed by atoms with Gasteiger partial charge < -0.3 is 10.1 Å². The SMILES string of the molecule is NS(=O)(=O)CCCNC(=O)C1CCCO1. The van der Waals surface area contributed by atoms with Crippen LogP contribution in [0.2, 0.25) is 0 Å². The molecule has 0 aliphatic carbocycles. The molecule has 1 atom stereocenters. The van der Waals surface area contributed by atoms with Crippen LogP contribution in [0, 0.1) is 0 Å². The Labute approximate surface area is 89.2 Å². The number of sulfonamides is 1. The molecule has 6 nitrogen and oxygen atoms in total. The predicted octanol–water partition coefficient (Wildman–Crippen LogP) is -1.04. The van der Waals surface area contributed by atoms with Gasteiger partial charge in [0.15, 0.2) is 0 Å². The molecular formula is C8H16N2O4S. The lowest BCUT2D eigenvalue weighted by Gasteiger charge is -2.09. The first-order chi connectivity index (χ1) is 6.99. The van der Waals surface area contributed by atoms with Gasteiger partial charge in [0, 0.05) is 13.2 Å². The molecule has 0 aromatic rings. The summed E-state index contributed by atoms with van der Waals surface area (Å²) >= 11 is 0. The number of carbonyl (C=O) groups is 1. The molecule has 0 aromatic carbocycles. The molecule has 1 rings (SSSR count). The van der Waals surface area contributed by atoms with Gasteiger partial charge in [-0.15, -0.1) is 0 Å². The van der Waals surface area contributed by atoms with Crippen molar-refractivity contribution < 1.29 is 17.9 Å². The highest BCUT2D eigenvalue weighted by Gasteiger charge is 2.22. The molecule has 88 valence electrons. The van der Waals surface area contributed by atoms with E-state index in [1.807, 2.05) is 0 Å². The predicted molar refractivity (Wildman–Crippen MR) is 54.6 cm³/mol. The maximum atomic E-state index is 11.4. The first-order valence-electron chi connectivity index (χ1n) is 4.89. The van der Waals surface area contributed by atoms with E-state index in [9.17, 15) is 13.2 Å². The summed E-state index contributed by atoms with van der Waals surface area (Å²) in [5, 5.41) is 7.42. The molecule has 0 bridgehead atoms. The minimum atomic E-state index is -3.42. The van der Waals surface area contributed by atoms with Gasteiger partial charge in [-0.3, -0.25) is 4.79 Å². The van der Waals surface area contributed by atoms with Crippen LogP contribution in [-0.4, -0.2) is 39.3 Å². The molecule has 1 unspecified atom stereocenters. The van der Waals surface area contributed by atoms with E-state index in [-0.39, 0.29) is 17.8 Å².